The zero-order valence-corrected chi connectivity index (χ0v) is 28.2. The zero-order valence-electron chi connectivity index (χ0n) is 28.2. The van der Waals surface area contributed by atoms with E-state index < -0.39 is 0 Å². The van der Waals surface area contributed by atoms with E-state index >= 15 is 0 Å². The van der Waals surface area contributed by atoms with Crippen LogP contribution < -0.4 is 14.7 Å². The highest BCUT2D eigenvalue weighted by Gasteiger charge is 2.53. The zero-order chi connectivity index (χ0) is 31.8. The van der Waals surface area contributed by atoms with Crippen molar-refractivity contribution in [1.29, 1.82) is 0 Å². The number of allylic oxidation sites excluding steroid dienone is 4. The fourth-order valence-corrected chi connectivity index (χ4v) is 8.75. The Bertz CT molecular complexity index is 1620. The van der Waals surface area contributed by atoms with E-state index in [0.29, 0.717) is 24.2 Å². The van der Waals surface area contributed by atoms with Gasteiger partial charge in [-0.25, -0.2) is 0 Å². The molecule has 2 saturated heterocycles. The number of anilines is 3. The van der Waals surface area contributed by atoms with Crippen molar-refractivity contribution in [3.8, 4) is 0 Å². The van der Waals surface area contributed by atoms with E-state index in [2.05, 4.69) is 145 Å². The molecule has 2 aliphatic carbocycles. The molecule has 4 aliphatic rings. The van der Waals surface area contributed by atoms with Gasteiger partial charge < -0.3 is 19.6 Å². The topological polar surface area (TPSA) is 13.0 Å². The number of rotatable bonds is 6. The van der Waals surface area contributed by atoms with Crippen LogP contribution >= 0.6 is 0 Å². The van der Waals surface area contributed by atoms with Crippen LogP contribution in [0.1, 0.15) is 75.0 Å². The highest BCUT2D eigenvalue weighted by molar-refractivity contribution is 5.72. The summed E-state index contributed by atoms with van der Waals surface area (Å²) in [4.78, 5) is 11.0. The van der Waals surface area contributed by atoms with Gasteiger partial charge >= 0.3 is 0 Å². The standard InChI is InChI=1S/C42H50N4/c1-6-8-19-33(7-2)43-37-23-9-10-24-38(37)44(34-20-13-16-30(3)27-34)41(43)42-45(35-21-14-17-31(4)28-35)39-25-11-12-26-40(39)46(42)36-22-15-18-32(5)29-36/h6-8,13-22,27-29,37-40H,1,9-12,23-26H2,2-5H3/b19-8-,33-7+,42-41?. The molecule has 2 aliphatic heterocycles. The van der Waals surface area contributed by atoms with Gasteiger partial charge in [0.15, 0.2) is 11.6 Å². The summed E-state index contributed by atoms with van der Waals surface area (Å²) in [5.41, 5.74) is 9.06. The maximum Gasteiger partial charge on any atom is 0.156 e. The third-order valence-corrected chi connectivity index (χ3v) is 10.6. The Morgan fingerprint density at radius 1 is 0.609 bits per heavy atom. The molecule has 4 atom stereocenters. The largest absolute Gasteiger partial charge is 0.320 e. The van der Waals surface area contributed by atoms with E-state index in [0.717, 1.165) is 0 Å². The monoisotopic (exact) mass is 610 g/mol. The molecule has 0 bridgehead atoms. The van der Waals surface area contributed by atoms with Gasteiger partial charge in [-0.2, -0.15) is 0 Å². The van der Waals surface area contributed by atoms with Crippen LogP contribution in [0.3, 0.4) is 0 Å². The summed E-state index contributed by atoms with van der Waals surface area (Å²) < 4.78 is 0. The summed E-state index contributed by atoms with van der Waals surface area (Å²) in [6, 6.07) is 29.3. The molecule has 0 amide bonds. The first kappa shape index (κ1) is 30.5. The first-order chi connectivity index (χ1) is 22.5. The highest BCUT2D eigenvalue weighted by atomic mass is 15.5. The Labute approximate surface area is 277 Å². The van der Waals surface area contributed by atoms with Crippen molar-refractivity contribution in [1.82, 2.24) is 4.90 Å². The third kappa shape index (κ3) is 5.36. The average molecular weight is 611 g/mol. The molecule has 7 rings (SSSR count). The summed E-state index contributed by atoms with van der Waals surface area (Å²) in [6.07, 6.45) is 18.4. The third-order valence-electron chi connectivity index (χ3n) is 10.6. The first-order valence-corrected chi connectivity index (χ1v) is 17.6. The average Bonchev–Trinajstić information content (AvgIpc) is 3.58. The van der Waals surface area contributed by atoms with Crippen LogP contribution in [-0.4, -0.2) is 29.1 Å². The number of hydrogen-bond acceptors (Lipinski definition) is 4. The van der Waals surface area contributed by atoms with Gasteiger partial charge in [0, 0.05) is 22.8 Å². The van der Waals surface area contributed by atoms with Gasteiger partial charge in [0.1, 0.15) is 0 Å². The summed E-state index contributed by atoms with van der Waals surface area (Å²) in [5.74, 6) is 2.65. The second-order valence-electron chi connectivity index (χ2n) is 13.8. The van der Waals surface area contributed by atoms with Gasteiger partial charge in [-0.05, 0) is 113 Å². The predicted molar refractivity (Wildman–Crippen MR) is 195 cm³/mol. The number of hydrogen-bond donors (Lipinski definition) is 0. The Kier molecular flexibility index (Phi) is 8.55. The molecule has 2 saturated carbocycles. The molecule has 2 heterocycles. The van der Waals surface area contributed by atoms with Crippen molar-refractivity contribution in [2.45, 2.75) is 103 Å². The minimum atomic E-state index is 0.388. The molecule has 238 valence electrons. The fraction of sp³-hybridized carbons (Fsp3) is 0.381. The van der Waals surface area contributed by atoms with Gasteiger partial charge in [0.25, 0.3) is 0 Å². The van der Waals surface area contributed by atoms with Gasteiger partial charge in [0.2, 0.25) is 0 Å². The quantitative estimate of drug-likeness (QED) is 0.258. The molecule has 46 heavy (non-hydrogen) atoms. The minimum Gasteiger partial charge on any atom is -0.320 e. The van der Waals surface area contributed by atoms with Crippen LogP contribution in [0.25, 0.3) is 0 Å². The number of benzene rings is 3. The van der Waals surface area contributed by atoms with Gasteiger partial charge in [-0.3, -0.25) is 0 Å². The Morgan fingerprint density at radius 3 is 1.43 bits per heavy atom. The lowest BCUT2D eigenvalue weighted by Crippen LogP contribution is -2.40. The maximum atomic E-state index is 4.04. The van der Waals surface area contributed by atoms with Gasteiger partial charge in [0.05, 0.1) is 24.2 Å². The lowest BCUT2D eigenvalue weighted by atomic mass is 9.89. The number of aryl methyl sites for hydroxylation is 3. The van der Waals surface area contributed by atoms with Crippen LogP contribution in [0.5, 0.6) is 0 Å². The molecule has 4 fully saturated rings. The van der Waals surface area contributed by atoms with Crippen molar-refractivity contribution in [3.63, 3.8) is 0 Å². The van der Waals surface area contributed by atoms with Gasteiger partial charge in [-0.1, -0.05) is 86.9 Å². The molecule has 0 radical (unpaired) electrons. The van der Waals surface area contributed by atoms with Crippen molar-refractivity contribution < 1.29 is 0 Å². The molecular formula is C42H50N4. The number of nitrogens with zero attached hydrogens (tertiary/aromatic N) is 4. The maximum absolute atomic E-state index is 4.04. The van der Waals surface area contributed by atoms with Crippen molar-refractivity contribution in [2.24, 2.45) is 0 Å². The van der Waals surface area contributed by atoms with Crippen LogP contribution in [0.2, 0.25) is 0 Å². The van der Waals surface area contributed by atoms with Crippen molar-refractivity contribution >= 4 is 17.1 Å². The van der Waals surface area contributed by atoms with Crippen LogP contribution in [0, 0.1) is 20.8 Å². The van der Waals surface area contributed by atoms with Crippen LogP contribution in [-0.2, 0) is 0 Å². The number of fused-ring (bicyclic) bond motifs is 2. The second-order valence-corrected chi connectivity index (χ2v) is 13.8. The SMILES string of the molecule is C=C/C=C\C(=C/C)N1C(=C2N(c3cccc(C)c3)C3CCCCC3N2c2cccc(C)c2)N(c2cccc(C)c2)C2CCCCC21. The minimum absolute atomic E-state index is 0.388. The summed E-state index contributed by atoms with van der Waals surface area (Å²) in [5, 5.41) is 0. The summed E-state index contributed by atoms with van der Waals surface area (Å²) in [6.45, 7) is 12.9. The van der Waals surface area contributed by atoms with Crippen molar-refractivity contribution in [3.05, 3.63) is 138 Å². The van der Waals surface area contributed by atoms with E-state index in [1.165, 1.54) is 102 Å². The van der Waals surface area contributed by atoms with Gasteiger partial charge in [-0.15, -0.1) is 0 Å². The van der Waals surface area contributed by atoms with E-state index in [4.69, 9.17) is 0 Å². The lowest BCUT2D eigenvalue weighted by Gasteiger charge is -2.36. The summed E-state index contributed by atoms with van der Waals surface area (Å²) in [7, 11) is 0. The first-order valence-electron chi connectivity index (χ1n) is 17.6. The van der Waals surface area contributed by atoms with Crippen LogP contribution in [0.4, 0.5) is 17.1 Å². The Balaban J connectivity index is 1.59. The molecule has 3 aromatic rings. The smallest absolute Gasteiger partial charge is 0.156 e. The molecule has 0 spiro atoms. The Hall–Kier alpha value is -4.18. The lowest BCUT2D eigenvalue weighted by molar-refractivity contribution is 0.277. The molecule has 4 unspecified atom stereocenters. The molecule has 0 aromatic heterocycles. The van der Waals surface area contributed by atoms with E-state index in [1.54, 1.807) is 0 Å². The fourth-order valence-electron chi connectivity index (χ4n) is 8.75. The van der Waals surface area contributed by atoms with E-state index in [-0.39, 0.29) is 0 Å². The molecule has 4 nitrogen and oxygen atoms in total. The summed E-state index contributed by atoms with van der Waals surface area (Å²) >= 11 is 0. The molecule has 3 aromatic carbocycles. The molecular weight excluding hydrogens is 560 g/mol. The molecule has 0 N–H and O–H groups in total. The van der Waals surface area contributed by atoms with E-state index in [9.17, 15) is 0 Å². The van der Waals surface area contributed by atoms with E-state index in [1.807, 2.05) is 6.08 Å². The Morgan fingerprint density at radius 2 is 1.02 bits per heavy atom. The highest BCUT2D eigenvalue weighted by Crippen LogP contribution is 2.51. The molecule has 4 heteroatoms. The van der Waals surface area contributed by atoms with Crippen LogP contribution in [0.15, 0.2) is 121 Å². The second kappa shape index (κ2) is 12.9. The van der Waals surface area contributed by atoms with Crippen molar-refractivity contribution in [2.75, 3.05) is 14.7 Å². The predicted octanol–water partition coefficient (Wildman–Crippen LogP) is 10.2. The normalized spacial score (nSPS) is 25.0.